The van der Waals surface area contributed by atoms with Gasteiger partial charge in [-0.3, -0.25) is 0 Å². The number of nitrogens with zero attached hydrogens (tertiary/aromatic N) is 1. The highest BCUT2D eigenvalue weighted by Crippen LogP contribution is 2.16. The topological polar surface area (TPSA) is 49.8 Å². The van der Waals surface area contributed by atoms with Crippen LogP contribution >= 0.6 is 0 Å². The Kier molecular flexibility index (Phi) is 2.71. The number of nitrogens with two attached hydrogens (primary N) is 1. The molecule has 2 N–H and O–H groups in total. The average Bonchev–Trinajstić information content (AvgIpc) is 2.16. The van der Waals surface area contributed by atoms with Crippen LogP contribution in [0.15, 0.2) is 29.8 Å². The molecule has 0 saturated heterocycles. The molecule has 1 rings (SSSR count). The van der Waals surface area contributed by atoms with E-state index in [1.54, 1.807) is 6.92 Å². The molecule has 0 aromatic heterocycles. The van der Waals surface area contributed by atoms with E-state index in [0.717, 1.165) is 11.1 Å². The van der Waals surface area contributed by atoms with Crippen molar-refractivity contribution in [3.05, 3.63) is 41.0 Å². The van der Waals surface area contributed by atoms with Gasteiger partial charge in [-0.1, -0.05) is 24.3 Å². The predicted octanol–water partition coefficient (Wildman–Crippen LogP) is 2.21. The van der Waals surface area contributed by atoms with Gasteiger partial charge in [0.1, 0.15) is 0 Å². The lowest BCUT2D eigenvalue weighted by Crippen LogP contribution is -2.00. The first-order valence-corrected chi connectivity index (χ1v) is 4.09. The van der Waals surface area contributed by atoms with Gasteiger partial charge in [-0.15, -0.1) is 0 Å². The summed E-state index contributed by atoms with van der Waals surface area (Å²) in [5.41, 5.74) is 8.98. The van der Waals surface area contributed by atoms with Crippen molar-refractivity contribution in [2.45, 2.75) is 13.8 Å². The first kappa shape index (κ1) is 9.34. The summed E-state index contributed by atoms with van der Waals surface area (Å²) in [5, 5.41) is 8.67. The van der Waals surface area contributed by atoms with Crippen molar-refractivity contribution in [2.75, 3.05) is 0 Å². The van der Waals surface area contributed by atoms with Crippen LogP contribution in [0.1, 0.15) is 18.1 Å². The number of allylic oxidation sites excluding steroid dienone is 1. The van der Waals surface area contributed by atoms with Gasteiger partial charge in [-0.2, -0.15) is 5.26 Å². The van der Waals surface area contributed by atoms with E-state index in [0.29, 0.717) is 11.3 Å². The van der Waals surface area contributed by atoms with Crippen LogP contribution in [-0.4, -0.2) is 0 Å². The zero-order valence-electron chi connectivity index (χ0n) is 7.83. The largest absolute Gasteiger partial charge is 0.397 e. The molecule has 13 heavy (non-hydrogen) atoms. The number of rotatable bonds is 1. The molecule has 0 aliphatic rings. The standard InChI is InChI=1S/C11H12N2/c1-8-5-3-4-6-10(8)11(13)9(2)7-12/h3-6H,13H2,1-2H3/b11-9-. The number of nitriles is 1. The molecule has 66 valence electrons. The zero-order chi connectivity index (χ0) is 9.84. The van der Waals surface area contributed by atoms with E-state index in [1.165, 1.54) is 0 Å². The molecule has 1 aromatic rings. The SMILES string of the molecule is C/C(C#N)=C(/N)c1ccccc1C. The number of hydrogen-bond acceptors (Lipinski definition) is 2. The predicted molar refractivity (Wildman–Crippen MR) is 53.6 cm³/mol. The van der Waals surface area contributed by atoms with Gasteiger partial charge in [0.15, 0.2) is 0 Å². The smallest absolute Gasteiger partial charge is 0.0965 e. The van der Waals surface area contributed by atoms with Crippen LogP contribution in [0.5, 0.6) is 0 Å². The van der Waals surface area contributed by atoms with E-state index in [-0.39, 0.29) is 0 Å². The van der Waals surface area contributed by atoms with Crippen molar-refractivity contribution in [2.24, 2.45) is 5.73 Å². The van der Waals surface area contributed by atoms with E-state index in [4.69, 9.17) is 11.0 Å². The summed E-state index contributed by atoms with van der Waals surface area (Å²) in [6.07, 6.45) is 0. The Morgan fingerprint density at radius 1 is 1.38 bits per heavy atom. The van der Waals surface area contributed by atoms with E-state index in [9.17, 15) is 0 Å². The van der Waals surface area contributed by atoms with Crippen LogP contribution in [-0.2, 0) is 0 Å². The van der Waals surface area contributed by atoms with Gasteiger partial charge in [-0.25, -0.2) is 0 Å². The fourth-order valence-corrected chi connectivity index (χ4v) is 1.14. The van der Waals surface area contributed by atoms with Crippen molar-refractivity contribution in [1.82, 2.24) is 0 Å². The molecular weight excluding hydrogens is 160 g/mol. The van der Waals surface area contributed by atoms with E-state index in [2.05, 4.69) is 0 Å². The van der Waals surface area contributed by atoms with Gasteiger partial charge in [0.2, 0.25) is 0 Å². The minimum atomic E-state index is 0.564. The molecular formula is C11H12N2. The van der Waals surface area contributed by atoms with Crippen molar-refractivity contribution in [3.8, 4) is 6.07 Å². The maximum Gasteiger partial charge on any atom is 0.0965 e. The third-order valence-corrected chi connectivity index (χ3v) is 2.01. The van der Waals surface area contributed by atoms with Crippen molar-refractivity contribution in [1.29, 1.82) is 5.26 Å². The summed E-state index contributed by atoms with van der Waals surface area (Å²) in [5.74, 6) is 0. The number of hydrogen-bond donors (Lipinski definition) is 1. The number of benzene rings is 1. The van der Waals surface area contributed by atoms with Gasteiger partial charge in [0.05, 0.1) is 11.8 Å². The van der Waals surface area contributed by atoms with Crippen LogP contribution in [0.4, 0.5) is 0 Å². The Morgan fingerprint density at radius 3 is 2.54 bits per heavy atom. The highest BCUT2D eigenvalue weighted by Gasteiger charge is 2.02. The first-order chi connectivity index (χ1) is 6.16. The van der Waals surface area contributed by atoms with Crippen LogP contribution in [0.2, 0.25) is 0 Å². The number of aryl methyl sites for hydroxylation is 1. The molecule has 0 heterocycles. The molecule has 0 atom stereocenters. The average molecular weight is 172 g/mol. The molecule has 0 bridgehead atoms. The summed E-state index contributed by atoms with van der Waals surface area (Å²) in [6, 6.07) is 9.81. The maximum absolute atomic E-state index is 8.67. The lowest BCUT2D eigenvalue weighted by Gasteiger charge is -2.05. The normalized spacial score (nSPS) is 11.8. The molecule has 0 aliphatic carbocycles. The molecule has 0 radical (unpaired) electrons. The van der Waals surface area contributed by atoms with Gasteiger partial charge in [0, 0.05) is 11.1 Å². The molecule has 2 nitrogen and oxygen atoms in total. The Hall–Kier alpha value is -1.75. The van der Waals surface area contributed by atoms with Gasteiger partial charge in [0.25, 0.3) is 0 Å². The summed E-state index contributed by atoms with van der Waals surface area (Å²) in [6.45, 7) is 3.70. The summed E-state index contributed by atoms with van der Waals surface area (Å²) in [4.78, 5) is 0. The van der Waals surface area contributed by atoms with Crippen LogP contribution < -0.4 is 5.73 Å². The lowest BCUT2D eigenvalue weighted by molar-refractivity contribution is 1.35. The Labute approximate surface area is 78.3 Å². The van der Waals surface area contributed by atoms with Crippen molar-refractivity contribution < 1.29 is 0 Å². The monoisotopic (exact) mass is 172 g/mol. The molecule has 0 saturated carbocycles. The molecule has 0 unspecified atom stereocenters. The second kappa shape index (κ2) is 3.77. The van der Waals surface area contributed by atoms with Crippen molar-refractivity contribution in [3.63, 3.8) is 0 Å². The third kappa shape index (κ3) is 1.88. The third-order valence-electron chi connectivity index (χ3n) is 2.01. The molecule has 2 heteroatoms. The Morgan fingerprint density at radius 2 is 2.00 bits per heavy atom. The maximum atomic E-state index is 8.67. The van der Waals surface area contributed by atoms with E-state index < -0.39 is 0 Å². The van der Waals surface area contributed by atoms with Gasteiger partial charge >= 0.3 is 0 Å². The zero-order valence-corrected chi connectivity index (χ0v) is 7.83. The van der Waals surface area contributed by atoms with Gasteiger partial charge < -0.3 is 5.73 Å². The van der Waals surface area contributed by atoms with Crippen LogP contribution in [0, 0.1) is 18.3 Å². The summed E-state index contributed by atoms with van der Waals surface area (Å²) >= 11 is 0. The van der Waals surface area contributed by atoms with E-state index >= 15 is 0 Å². The molecule has 0 amide bonds. The minimum Gasteiger partial charge on any atom is -0.397 e. The second-order valence-corrected chi connectivity index (χ2v) is 2.97. The highest BCUT2D eigenvalue weighted by atomic mass is 14.6. The van der Waals surface area contributed by atoms with Crippen LogP contribution in [0.25, 0.3) is 5.70 Å². The van der Waals surface area contributed by atoms with E-state index in [1.807, 2.05) is 37.3 Å². The quantitative estimate of drug-likeness (QED) is 0.660. The Bertz CT molecular complexity index is 383. The molecule has 0 aliphatic heterocycles. The lowest BCUT2D eigenvalue weighted by atomic mass is 10.0. The molecule has 0 spiro atoms. The fraction of sp³-hybridized carbons (Fsp3) is 0.182. The van der Waals surface area contributed by atoms with Crippen molar-refractivity contribution >= 4 is 5.70 Å². The summed E-state index contributed by atoms with van der Waals surface area (Å²) in [7, 11) is 0. The minimum absolute atomic E-state index is 0.564. The van der Waals surface area contributed by atoms with Gasteiger partial charge in [-0.05, 0) is 19.4 Å². The summed E-state index contributed by atoms with van der Waals surface area (Å²) < 4.78 is 0. The Balaban J connectivity index is 3.26. The molecule has 1 aromatic carbocycles. The first-order valence-electron chi connectivity index (χ1n) is 4.09. The second-order valence-electron chi connectivity index (χ2n) is 2.97. The molecule has 0 fully saturated rings. The highest BCUT2D eigenvalue weighted by molar-refractivity contribution is 5.70. The fourth-order valence-electron chi connectivity index (χ4n) is 1.14. The van der Waals surface area contributed by atoms with Crippen LogP contribution in [0.3, 0.4) is 0 Å².